The topological polar surface area (TPSA) is 51.2 Å². The molecule has 0 radical (unpaired) electrons. The molecule has 1 fully saturated rings. The van der Waals surface area contributed by atoms with Gasteiger partial charge in [0.05, 0.1) is 9.72 Å². The molecular formula is C15H18BrClO3S. The van der Waals surface area contributed by atoms with E-state index in [9.17, 15) is 13.2 Å². The molecule has 116 valence electrons. The quantitative estimate of drug-likeness (QED) is 0.715. The van der Waals surface area contributed by atoms with Crippen molar-refractivity contribution in [2.45, 2.75) is 41.8 Å². The lowest BCUT2D eigenvalue weighted by Crippen LogP contribution is -2.21. The standard InChI is InChI=1S/C15H18BrClO3S/c1-21(19,20)11-7-8-12(13(17)9-11)14(16)15(18)10-5-3-2-4-6-10/h7-10,14H,2-6H2,1H3. The molecule has 21 heavy (non-hydrogen) atoms. The molecule has 0 amide bonds. The van der Waals surface area contributed by atoms with E-state index in [4.69, 9.17) is 11.6 Å². The molecule has 2 rings (SSSR count). The first-order valence-electron chi connectivity index (χ1n) is 6.98. The molecule has 0 aromatic heterocycles. The van der Waals surface area contributed by atoms with Crippen molar-refractivity contribution in [3.8, 4) is 0 Å². The molecule has 1 aliphatic carbocycles. The van der Waals surface area contributed by atoms with E-state index in [1.54, 1.807) is 6.07 Å². The Morgan fingerprint density at radius 1 is 1.29 bits per heavy atom. The largest absolute Gasteiger partial charge is 0.298 e. The zero-order valence-corrected chi connectivity index (χ0v) is 15.0. The second kappa shape index (κ2) is 6.80. The molecular weight excluding hydrogens is 376 g/mol. The molecule has 0 N–H and O–H groups in total. The van der Waals surface area contributed by atoms with Gasteiger partial charge in [0.25, 0.3) is 0 Å². The summed E-state index contributed by atoms with van der Waals surface area (Å²) in [6.45, 7) is 0. The molecule has 0 aliphatic heterocycles. The van der Waals surface area contributed by atoms with Crippen LogP contribution in [0.5, 0.6) is 0 Å². The van der Waals surface area contributed by atoms with Gasteiger partial charge in [0.15, 0.2) is 15.6 Å². The summed E-state index contributed by atoms with van der Waals surface area (Å²) < 4.78 is 23.0. The lowest BCUT2D eigenvalue weighted by Gasteiger charge is -2.23. The van der Waals surface area contributed by atoms with Crippen molar-refractivity contribution in [3.05, 3.63) is 28.8 Å². The summed E-state index contributed by atoms with van der Waals surface area (Å²) in [5, 5.41) is 0.309. The van der Waals surface area contributed by atoms with E-state index in [0.29, 0.717) is 10.6 Å². The lowest BCUT2D eigenvalue weighted by atomic mass is 9.84. The Morgan fingerprint density at radius 3 is 2.43 bits per heavy atom. The molecule has 3 nitrogen and oxygen atoms in total. The van der Waals surface area contributed by atoms with Crippen LogP contribution in [0.15, 0.2) is 23.1 Å². The van der Waals surface area contributed by atoms with Crippen molar-refractivity contribution in [3.63, 3.8) is 0 Å². The number of rotatable bonds is 4. The van der Waals surface area contributed by atoms with E-state index in [0.717, 1.165) is 31.9 Å². The van der Waals surface area contributed by atoms with E-state index in [-0.39, 0.29) is 16.6 Å². The maximum Gasteiger partial charge on any atom is 0.175 e. The maximum atomic E-state index is 12.5. The highest BCUT2D eigenvalue weighted by molar-refractivity contribution is 9.09. The fraction of sp³-hybridized carbons (Fsp3) is 0.533. The number of ketones is 1. The van der Waals surface area contributed by atoms with Gasteiger partial charge in [0.2, 0.25) is 0 Å². The third-order valence-corrected chi connectivity index (χ3v) is 6.31. The molecule has 1 aromatic carbocycles. The smallest absolute Gasteiger partial charge is 0.175 e. The highest BCUT2D eigenvalue weighted by Crippen LogP contribution is 2.37. The van der Waals surface area contributed by atoms with Gasteiger partial charge in [-0.15, -0.1) is 0 Å². The Kier molecular flexibility index (Phi) is 5.49. The predicted molar refractivity (Wildman–Crippen MR) is 87.8 cm³/mol. The zero-order chi connectivity index (χ0) is 15.6. The fourth-order valence-electron chi connectivity index (χ4n) is 2.69. The number of halogens is 2. The summed E-state index contributed by atoms with van der Waals surface area (Å²) in [5.41, 5.74) is 0.639. The zero-order valence-electron chi connectivity index (χ0n) is 11.8. The Labute approximate surface area is 139 Å². The van der Waals surface area contributed by atoms with Crippen LogP contribution in [-0.2, 0) is 14.6 Å². The third-order valence-electron chi connectivity index (χ3n) is 3.93. The number of carbonyl (C=O) groups excluding carboxylic acids is 1. The van der Waals surface area contributed by atoms with Crippen LogP contribution in [0.2, 0.25) is 5.02 Å². The molecule has 6 heteroatoms. The minimum Gasteiger partial charge on any atom is -0.298 e. The van der Waals surface area contributed by atoms with Gasteiger partial charge in [-0.3, -0.25) is 4.79 Å². The van der Waals surface area contributed by atoms with Gasteiger partial charge in [0.1, 0.15) is 0 Å². The van der Waals surface area contributed by atoms with Crippen LogP contribution in [0.25, 0.3) is 0 Å². The van der Waals surface area contributed by atoms with Crippen LogP contribution in [-0.4, -0.2) is 20.5 Å². The highest BCUT2D eigenvalue weighted by atomic mass is 79.9. The van der Waals surface area contributed by atoms with Crippen LogP contribution in [0.3, 0.4) is 0 Å². The van der Waals surface area contributed by atoms with Crippen molar-refractivity contribution in [2.75, 3.05) is 6.26 Å². The Balaban J connectivity index is 2.23. The summed E-state index contributed by atoms with van der Waals surface area (Å²) in [7, 11) is -3.29. The summed E-state index contributed by atoms with van der Waals surface area (Å²) >= 11 is 9.60. The van der Waals surface area contributed by atoms with Crippen molar-refractivity contribution in [1.29, 1.82) is 0 Å². The Bertz CT molecular complexity index is 636. The predicted octanol–water partition coefficient (Wildman–Crippen LogP) is 4.33. The van der Waals surface area contributed by atoms with Gasteiger partial charge < -0.3 is 0 Å². The first kappa shape index (κ1) is 17.0. The van der Waals surface area contributed by atoms with Crippen LogP contribution >= 0.6 is 27.5 Å². The van der Waals surface area contributed by atoms with Crippen LogP contribution in [0.4, 0.5) is 0 Å². The van der Waals surface area contributed by atoms with Crippen LogP contribution in [0.1, 0.15) is 42.5 Å². The first-order valence-corrected chi connectivity index (χ1v) is 10.2. The van der Waals surface area contributed by atoms with Gasteiger partial charge >= 0.3 is 0 Å². The van der Waals surface area contributed by atoms with Gasteiger partial charge in [-0.25, -0.2) is 8.42 Å². The number of hydrogen-bond acceptors (Lipinski definition) is 3. The van der Waals surface area contributed by atoms with Crippen molar-refractivity contribution < 1.29 is 13.2 Å². The van der Waals surface area contributed by atoms with E-state index in [2.05, 4.69) is 15.9 Å². The Hall–Kier alpha value is -0.390. The fourth-order valence-corrected chi connectivity index (χ4v) is 4.60. The normalized spacial score (nSPS) is 18.4. The lowest BCUT2D eigenvalue weighted by molar-refractivity contribution is -0.123. The van der Waals surface area contributed by atoms with E-state index >= 15 is 0 Å². The molecule has 0 spiro atoms. The molecule has 1 unspecified atom stereocenters. The number of Topliss-reactive ketones (excluding diaryl/α,β-unsaturated/α-hetero) is 1. The molecule has 0 bridgehead atoms. The number of hydrogen-bond donors (Lipinski definition) is 0. The second-order valence-corrected chi connectivity index (χ2v) is 8.89. The second-order valence-electron chi connectivity index (χ2n) is 5.56. The third kappa shape index (κ3) is 4.08. The van der Waals surface area contributed by atoms with Gasteiger partial charge in [-0.05, 0) is 30.5 Å². The van der Waals surface area contributed by atoms with Gasteiger partial charge in [-0.2, -0.15) is 0 Å². The van der Waals surface area contributed by atoms with Crippen molar-refractivity contribution in [2.24, 2.45) is 5.92 Å². The molecule has 1 aliphatic rings. The van der Waals surface area contributed by atoms with E-state index in [1.165, 1.54) is 18.6 Å². The van der Waals surface area contributed by atoms with Crippen molar-refractivity contribution >= 4 is 43.2 Å². The van der Waals surface area contributed by atoms with Gasteiger partial charge in [0, 0.05) is 17.2 Å². The maximum absolute atomic E-state index is 12.5. The minimum atomic E-state index is -3.29. The van der Waals surface area contributed by atoms with Crippen molar-refractivity contribution in [1.82, 2.24) is 0 Å². The van der Waals surface area contributed by atoms with E-state index in [1.807, 2.05) is 0 Å². The molecule has 0 saturated heterocycles. The Morgan fingerprint density at radius 2 is 1.90 bits per heavy atom. The van der Waals surface area contributed by atoms with Gasteiger partial charge in [-0.1, -0.05) is 52.9 Å². The average Bonchev–Trinajstić information content (AvgIpc) is 2.45. The summed E-state index contributed by atoms with van der Waals surface area (Å²) in [6.07, 6.45) is 6.38. The monoisotopic (exact) mass is 392 g/mol. The summed E-state index contributed by atoms with van der Waals surface area (Å²) in [6, 6.07) is 4.53. The number of carbonyl (C=O) groups is 1. The SMILES string of the molecule is CS(=O)(=O)c1ccc(C(Br)C(=O)C2CCCCC2)c(Cl)c1. The van der Waals surface area contributed by atoms with Crippen LogP contribution < -0.4 is 0 Å². The summed E-state index contributed by atoms with van der Waals surface area (Å²) in [4.78, 5) is 12.2. The molecule has 1 saturated carbocycles. The molecule has 1 atom stereocenters. The first-order chi connectivity index (χ1) is 9.80. The number of alkyl halides is 1. The average molecular weight is 394 g/mol. The number of sulfone groups is 1. The molecule has 1 aromatic rings. The summed E-state index contributed by atoms with van der Waals surface area (Å²) in [5.74, 6) is 0.220. The highest BCUT2D eigenvalue weighted by Gasteiger charge is 2.29. The number of benzene rings is 1. The van der Waals surface area contributed by atoms with Crippen LogP contribution in [0, 0.1) is 5.92 Å². The molecule has 0 heterocycles. The van der Waals surface area contributed by atoms with E-state index < -0.39 is 14.7 Å². The minimum absolute atomic E-state index is 0.0776.